The molecule has 2 aromatic rings. The molecule has 1 aromatic heterocycles. The Morgan fingerprint density at radius 3 is 3.09 bits per heavy atom. The van der Waals surface area contributed by atoms with E-state index in [0.29, 0.717) is 10.8 Å². The first-order valence-electron chi connectivity index (χ1n) is 7.00. The molecule has 2 heterocycles. The van der Waals surface area contributed by atoms with Crippen molar-refractivity contribution in [1.29, 1.82) is 0 Å². The largest absolute Gasteiger partial charge is 0.483 e. The molecular formula is C16H15BrClNO2S. The zero-order valence-corrected chi connectivity index (χ0v) is 15.2. The van der Waals surface area contributed by atoms with Gasteiger partial charge in [-0.15, -0.1) is 11.3 Å². The van der Waals surface area contributed by atoms with Crippen LogP contribution in [0.4, 0.5) is 0 Å². The SMILES string of the molecule is C[C@H]1c2ccsc2CCN1C(=O)COc1ccc(Cl)cc1Br. The van der Waals surface area contributed by atoms with E-state index < -0.39 is 0 Å². The van der Waals surface area contributed by atoms with Crippen LogP contribution in [0.25, 0.3) is 0 Å². The van der Waals surface area contributed by atoms with Gasteiger partial charge >= 0.3 is 0 Å². The average molecular weight is 401 g/mol. The van der Waals surface area contributed by atoms with Gasteiger partial charge in [-0.05, 0) is 64.5 Å². The molecular weight excluding hydrogens is 386 g/mol. The van der Waals surface area contributed by atoms with Crippen molar-refractivity contribution in [3.8, 4) is 5.75 Å². The predicted molar refractivity (Wildman–Crippen MR) is 92.8 cm³/mol. The number of benzene rings is 1. The Kier molecular flexibility index (Phi) is 4.76. The van der Waals surface area contributed by atoms with E-state index in [9.17, 15) is 4.79 Å². The van der Waals surface area contributed by atoms with E-state index in [1.165, 1.54) is 10.4 Å². The maximum atomic E-state index is 12.5. The number of rotatable bonds is 3. The normalized spacial score (nSPS) is 17.2. The Hall–Kier alpha value is -1.04. The number of nitrogens with zero attached hydrogens (tertiary/aromatic N) is 1. The number of ether oxygens (including phenoxy) is 1. The smallest absolute Gasteiger partial charge is 0.261 e. The first-order chi connectivity index (χ1) is 10.6. The summed E-state index contributed by atoms with van der Waals surface area (Å²) in [6.07, 6.45) is 0.924. The molecule has 22 heavy (non-hydrogen) atoms. The van der Waals surface area contributed by atoms with Gasteiger partial charge in [-0.25, -0.2) is 0 Å². The molecule has 116 valence electrons. The molecule has 0 aliphatic carbocycles. The lowest BCUT2D eigenvalue weighted by Crippen LogP contribution is -2.40. The molecule has 6 heteroatoms. The van der Waals surface area contributed by atoms with Crippen LogP contribution in [-0.2, 0) is 11.2 Å². The highest BCUT2D eigenvalue weighted by Crippen LogP contribution is 2.33. The molecule has 1 aromatic carbocycles. The summed E-state index contributed by atoms with van der Waals surface area (Å²) in [5.41, 5.74) is 1.26. The summed E-state index contributed by atoms with van der Waals surface area (Å²) in [6, 6.07) is 7.48. The van der Waals surface area contributed by atoms with Gasteiger partial charge < -0.3 is 9.64 Å². The van der Waals surface area contributed by atoms with Gasteiger partial charge in [0, 0.05) is 16.4 Å². The molecule has 0 saturated carbocycles. The van der Waals surface area contributed by atoms with Gasteiger partial charge in [-0.2, -0.15) is 0 Å². The van der Waals surface area contributed by atoms with E-state index in [0.717, 1.165) is 17.4 Å². The number of halogens is 2. The van der Waals surface area contributed by atoms with Crippen molar-refractivity contribution in [1.82, 2.24) is 4.90 Å². The van der Waals surface area contributed by atoms with Crippen LogP contribution in [0.2, 0.25) is 5.02 Å². The average Bonchev–Trinajstić information content (AvgIpc) is 2.96. The van der Waals surface area contributed by atoms with Gasteiger partial charge in [0.2, 0.25) is 0 Å². The Balaban J connectivity index is 1.65. The standard InChI is InChI=1S/C16H15BrClNO2S/c1-10-12-5-7-22-15(12)4-6-19(10)16(20)9-21-14-3-2-11(18)8-13(14)17/h2-3,5,7-8,10H,4,6,9H2,1H3/t10-/m0/s1. The van der Waals surface area contributed by atoms with Crippen LogP contribution < -0.4 is 4.74 Å². The molecule has 0 unspecified atom stereocenters. The summed E-state index contributed by atoms with van der Waals surface area (Å²) in [7, 11) is 0. The number of thiophene rings is 1. The second-order valence-corrected chi connectivity index (χ2v) is 7.47. The lowest BCUT2D eigenvalue weighted by molar-refractivity contribution is -0.135. The molecule has 0 spiro atoms. The van der Waals surface area contributed by atoms with E-state index in [2.05, 4.69) is 34.3 Å². The maximum absolute atomic E-state index is 12.5. The summed E-state index contributed by atoms with van der Waals surface area (Å²) >= 11 is 11.1. The van der Waals surface area contributed by atoms with Crippen LogP contribution in [0.15, 0.2) is 34.1 Å². The Labute approximate surface area is 147 Å². The van der Waals surface area contributed by atoms with Gasteiger partial charge in [0.15, 0.2) is 6.61 Å². The van der Waals surface area contributed by atoms with E-state index in [1.807, 2.05) is 4.90 Å². The van der Waals surface area contributed by atoms with Crippen LogP contribution in [0.5, 0.6) is 5.75 Å². The van der Waals surface area contributed by atoms with Crippen LogP contribution in [0.1, 0.15) is 23.4 Å². The highest BCUT2D eigenvalue weighted by molar-refractivity contribution is 9.10. The van der Waals surface area contributed by atoms with Gasteiger partial charge in [-0.3, -0.25) is 4.79 Å². The van der Waals surface area contributed by atoms with E-state index in [-0.39, 0.29) is 18.6 Å². The molecule has 0 radical (unpaired) electrons. The fraction of sp³-hybridized carbons (Fsp3) is 0.312. The molecule has 0 saturated heterocycles. The number of hydrogen-bond donors (Lipinski definition) is 0. The minimum absolute atomic E-state index is 0.00574. The number of hydrogen-bond acceptors (Lipinski definition) is 3. The second kappa shape index (κ2) is 6.60. The third-order valence-corrected chi connectivity index (χ3v) is 5.69. The highest BCUT2D eigenvalue weighted by Gasteiger charge is 2.28. The zero-order chi connectivity index (χ0) is 15.7. The topological polar surface area (TPSA) is 29.5 Å². The monoisotopic (exact) mass is 399 g/mol. The molecule has 0 fully saturated rings. The van der Waals surface area contributed by atoms with Crippen molar-refractivity contribution < 1.29 is 9.53 Å². The molecule has 0 N–H and O–H groups in total. The van der Waals surface area contributed by atoms with Crippen LogP contribution in [0.3, 0.4) is 0 Å². The Morgan fingerprint density at radius 2 is 2.32 bits per heavy atom. The van der Waals surface area contributed by atoms with Gasteiger partial charge in [0.1, 0.15) is 5.75 Å². The number of fused-ring (bicyclic) bond motifs is 1. The summed E-state index contributed by atoms with van der Waals surface area (Å²) in [5, 5.41) is 2.72. The quantitative estimate of drug-likeness (QED) is 0.748. The minimum Gasteiger partial charge on any atom is -0.483 e. The van der Waals surface area contributed by atoms with E-state index >= 15 is 0 Å². The third kappa shape index (κ3) is 3.16. The van der Waals surface area contributed by atoms with Crippen LogP contribution >= 0.6 is 38.9 Å². The predicted octanol–water partition coefficient (Wildman–Crippen LogP) is 4.69. The third-order valence-electron chi connectivity index (χ3n) is 3.84. The van der Waals surface area contributed by atoms with Gasteiger partial charge in [-0.1, -0.05) is 11.6 Å². The summed E-state index contributed by atoms with van der Waals surface area (Å²) in [5.74, 6) is 0.629. The molecule has 1 atom stereocenters. The van der Waals surface area contributed by atoms with Crippen molar-refractivity contribution in [2.24, 2.45) is 0 Å². The second-order valence-electron chi connectivity index (χ2n) is 5.18. The lowest BCUT2D eigenvalue weighted by atomic mass is 10.0. The highest BCUT2D eigenvalue weighted by atomic mass is 79.9. The maximum Gasteiger partial charge on any atom is 0.261 e. The number of carbonyl (C=O) groups excluding carboxylic acids is 1. The number of carbonyl (C=O) groups is 1. The first-order valence-corrected chi connectivity index (χ1v) is 9.05. The van der Waals surface area contributed by atoms with Crippen LogP contribution in [-0.4, -0.2) is 24.0 Å². The summed E-state index contributed by atoms with van der Waals surface area (Å²) in [6.45, 7) is 2.85. The fourth-order valence-electron chi connectivity index (χ4n) is 2.66. The lowest BCUT2D eigenvalue weighted by Gasteiger charge is -2.33. The van der Waals surface area contributed by atoms with Crippen molar-refractivity contribution >= 4 is 44.8 Å². The molecule has 1 aliphatic rings. The van der Waals surface area contributed by atoms with Crippen molar-refractivity contribution in [2.45, 2.75) is 19.4 Å². The van der Waals surface area contributed by atoms with Gasteiger partial charge in [0.25, 0.3) is 5.91 Å². The Morgan fingerprint density at radius 1 is 1.50 bits per heavy atom. The minimum atomic E-state index is 0.00574. The molecule has 1 aliphatic heterocycles. The summed E-state index contributed by atoms with van der Waals surface area (Å²) < 4.78 is 6.38. The molecule has 1 amide bonds. The van der Waals surface area contributed by atoms with E-state index in [4.69, 9.17) is 16.3 Å². The molecule has 0 bridgehead atoms. The molecule has 3 rings (SSSR count). The molecule has 3 nitrogen and oxygen atoms in total. The van der Waals surface area contributed by atoms with Crippen LogP contribution in [0, 0.1) is 0 Å². The fourth-order valence-corrected chi connectivity index (χ4v) is 4.42. The summed E-state index contributed by atoms with van der Waals surface area (Å²) in [4.78, 5) is 15.7. The van der Waals surface area contributed by atoms with Crippen molar-refractivity contribution in [3.63, 3.8) is 0 Å². The Bertz CT molecular complexity index is 703. The first kappa shape index (κ1) is 15.8. The number of amides is 1. The zero-order valence-electron chi connectivity index (χ0n) is 12.0. The van der Waals surface area contributed by atoms with E-state index in [1.54, 1.807) is 29.5 Å². The van der Waals surface area contributed by atoms with Crippen molar-refractivity contribution in [3.05, 3.63) is 49.6 Å². The van der Waals surface area contributed by atoms with Crippen molar-refractivity contribution in [2.75, 3.05) is 13.2 Å². The van der Waals surface area contributed by atoms with Gasteiger partial charge in [0.05, 0.1) is 10.5 Å².